The highest BCUT2D eigenvalue weighted by Crippen LogP contribution is 2.30. The molecule has 0 unspecified atom stereocenters. The van der Waals surface area contributed by atoms with Gasteiger partial charge in [-0.1, -0.05) is 0 Å². The molecule has 0 heterocycles. The van der Waals surface area contributed by atoms with Crippen LogP contribution >= 0.6 is 12.4 Å². The molecule has 0 bridgehead atoms. The maximum Gasteiger partial charge on any atom is 0.416 e. The molecule has 1 aromatic carbocycles. The van der Waals surface area contributed by atoms with E-state index in [1.54, 1.807) is 0 Å². The number of hydrogen-bond donors (Lipinski definition) is 2. The highest BCUT2D eigenvalue weighted by atomic mass is 35.5. The summed E-state index contributed by atoms with van der Waals surface area (Å²) in [6.45, 7) is 0.574. The van der Waals surface area contributed by atoms with E-state index in [1.807, 2.05) is 0 Å². The molecule has 0 aliphatic rings. The molecular formula is C11H13ClF4N2O. The first-order chi connectivity index (χ1) is 8.34. The number of rotatable bonds is 4. The molecule has 3 nitrogen and oxygen atoms in total. The second kappa shape index (κ2) is 7.30. The molecule has 0 saturated carbocycles. The third kappa shape index (κ3) is 5.44. The monoisotopic (exact) mass is 300 g/mol. The summed E-state index contributed by atoms with van der Waals surface area (Å²) in [4.78, 5) is 11.5. The molecule has 19 heavy (non-hydrogen) atoms. The Morgan fingerprint density at radius 3 is 2.42 bits per heavy atom. The van der Waals surface area contributed by atoms with E-state index in [-0.39, 0.29) is 24.5 Å². The topological polar surface area (TPSA) is 55.1 Å². The Morgan fingerprint density at radius 2 is 1.89 bits per heavy atom. The fourth-order valence-corrected chi connectivity index (χ4v) is 1.29. The first kappa shape index (κ1) is 17.7. The van der Waals surface area contributed by atoms with Gasteiger partial charge in [0.15, 0.2) is 0 Å². The lowest BCUT2D eigenvalue weighted by atomic mass is 10.1. The third-order valence-corrected chi connectivity index (χ3v) is 2.15. The summed E-state index contributed by atoms with van der Waals surface area (Å²) in [7, 11) is 0. The van der Waals surface area contributed by atoms with Crippen molar-refractivity contribution in [1.29, 1.82) is 0 Å². The van der Waals surface area contributed by atoms with E-state index in [2.05, 4.69) is 5.32 Å². The van der Waals surface area contributed by atoms with Crippen molar-refractivity contribution < 1.29 is 22.4 Å². The van der Waals surface area contributed by atoms with Crippen LogP contribution in [-0.2, 0) is 6.18 Å². The van der Waals surface area contributed by atoms with Crippen LogP contribution in [0.15, 0.2) is 18.2 Å². The Morgan fingerprint density at radius 1 is 1.26 bits per heavy atom. The van der Waals surface area contributed by atoms with E-state index >= 15 is 0 Å². The van der Waals surface area contributed by atoms with Gasteiger partial charge in [-0.05, 0) is 31.2 Å². The Labute approximate surface area is 113 Å². The minimum atomic E-state index is -4.69. The summed E-state index contributed by atoms with van der Waals surface area (Å²) in [5, 5.41) is 2.35. The minimum Gasteiger partial charge on any atom is -0.352 e. The normalized spacial score (nSPS) is 10.8. The van der Waals surface area contributed by atoms with Crippen molar-refractivity contribution in [3.63, 3.8) is 0 Å². The molecule has 1 amide bonds. The van der Waals surface area contributed by atoms with Gasteiger partial charge < -0.3 is 11.1 Å². The van der Waals surface area contributed by atoms with Crippen molar-refractivity contribution in [1.82, 2.24) is 5.32 Å². The lowest BCUT2D eigenvalue weighted by Gasteiger charge is -2.09. The molecule has 0 radical (unpaired) electrons. The summed E-state index contributed by atoms with van der Waals surface area (Å²) < 4.78 is 50.2. The van der Waals surface area contributed by atoms with Crippen LogP contribution in [0.1, 0.15) is 22.3 Å². The molecule has 8 heteroatoms. The molecule has 1 rings (SSSR count). The fourth-order valence-electron chi connectivity index (χ4n) is 1.29. The summed E-state index contributed by atoms with van der Waals surface area (Å²) in [6.07, 6.45) is -4.19. The molecule has 0 aliphatic heterocycles. The van der Waals surface area contributed by atoms with Crippen molar-refractivity contribution in [3.05, 3.63) is 35.1 Å². The number of nitrogens with two attached hydrogens (primary N) is 1. The molecule has 0 aromatic heterocycles. The van der Waals surface area contributed by atoms with Crippen molar-refractivity contribution in [2.45, 2.75) is 12.6 Å². The molecular weight excluding hydrogens is 288 g/mol. The van der Waals surface area contributed by atoms with Crippen LogP contribution in [0.3, 0.4) is 0 Å². The first-order valence-corrected chi connectivity index (χ1v) is 5.20. The second-order valence-electron chi connectivity index (χ2n) is 3.62. The molecule has 0 atom stereocenters. The van der Waals surface area contributed by atoms with Crippen LogP contribution in [0.4, 0.5) is 17.6 Å². The van der Waals surface area contributed by atoms with Gasteiger partial charge in [-0.25, -0.2) is 4.39 Å². The Bertz CT molecular complexity index is 437. The van der Waals surface area contributed by atoms with E-state index < -0.39 is 23.5 Å². The molecule has 108 valence electrons. The molecule has 3 N–H and O–H groups in total. The maximum atomic E-state index is 13.0. The van der Waals surface area contributed by atoms with Gasteiger partial charge in [-0.15, -0.1) is 12.4 Å². The van der Waals surface area contributed by atoms with Crippen LogP contribution in [0, 0.1) is 5.82 Å². The van der Waals surface area contributed by atoms with E-state index in [0.29, 0.717) is 25.1 Å². The van der Waals surface area contributed by atoms with Crippen molar-refractivity contribution in [3.8, 4) is 0 Å². The Kier molecular flexibility index (Phi) is 6.78. The molecule has 1 aromatic rings. The Balaban J connectivity index is 0.00000324. The van der Waals surface area contributed by atoms with Gasteiger partial charge >= 0.3 is 6.18 Å². The van der Waals surface area contributed by atoms with Gasteiger partial charge in [0.2, 0.25) is 0 Å². The van der Waals surface area contributed by atoms with Gasteiger partial charge in [0.05, 0.1) is 5.56 Å². The molecule has 0 spiro atoms. The number of carbonyl (C=O) groups is 1. The maximum absolute atomic E-state index is 13.0. The second-order valence-corrected chi connectivity index (χ2v) is 3.62. The summed E-state index contributed by atoms with van der Waals surface area (Å²) in [6, 6.07) is 1.71. The lowest BCUT2D eigenvalue weighted by molar-refractivity contribution is -0.137. The first-order valence-electron chi connectivity index (χ1n) is 5.20. The minimum absolute atomic E-state index is 0. The smallest absolute Gasteiger partial charge is 0.352 e. The predicted octanol–water partition coefficient (Wildman–Crippen LogP) is 2.34. The average Bonchev–Trinajstić information content (AvgIpc) is 2.27. The number of amides is 1. The van der Waals surface area contributed by atoms with E-state index in [1.165, 1.54) is 0 Å². The summed E-state index contributed by atoms with van der Waals surface area (Å²) >= 11 is 0. The van der Waals surface area contributed by atoms with Gasteiger partial charge in [0.1, 0.15) is 5.82 Å². The number of alkyl halides is 3. The van der Waals surface area contributed by atoms with Gasteiger partial charge in [-0.3, -0.25) is 4.79 Å². The molecule has 0 aliphatic carbocycles. The number of hydrogen-bond acceptors (Lipinski definition) is 2. The molecule has 0 fully saturated rings. The van der Waals surface area contributed by atoms with E-state index in [9.17, 15) is 22.4 Å². The van der Waals surface area contributed by atoms with Crippen LogP contribution in [0.25, 0.3) is 0 Å². The van der Waals surface area contributed by atoms with Crippen LogP contribution in [0.2, 0.25) is 0 Å². The lowest BCUT2D eigenvalue weighted by Crippen LogP contribution is -2.26. The van der Waals surface area contributed by atoms with Crippen molar-refractivity contribution in [2.24, 2.45) is 5.73 Å². The van der Waals surface area contributed by atoms with Gasteiger partial charge in [0, 0.05) is 12.1 Å². The standard InChI is InChI=1S/C11H12F4N2O.ClH/c12-9-5-7(10(18)17-3-1-2-16)4-8(6-9)11(13,14)15;/h4-6H,1-3,16H2,(H,17,18);1H. The highest BCUT2D eigenvalue weighted by molar-refractivity contribution is 5.94. The van der Waals surface area contributed by atoms with Crippen LogP contribution < -0.4 is 11.1 Å². The summed E-state index contributed by atoms with van der Waals surface area (Å²) in [5.41, 5.74) is 3.65. The number of nitrogens with one attached hydrogen (secondary N) is 1. The average molecular weight is 301 g/mol. The van der Waals surface area contributed by atoms with Gasteiger partial charge in [0.25, 0.3) is 5.91 Å². The SMILES string of the molecule is Cl.NCCCNC(=O)c1cc(F)cc(C(F)(F)F)c1. The van der Waals surface area contributed by atoms with Gasteiger partial charge in [-0.2, -0.15) is 13.2 Å². The highest BCUT2D eigenvalue weighted by Gasteiger charge is 2.31. The third-order valence-electron chi connectivity index (χ3n) is 2.15. The van der Waals surface area contributed by atoms with Crippen LogP contribution in [0.5, 0.6) is 0 Å². The quantitative estimate of drug-likeness (QED) is 0.662. The van der Waals surface area contributed by atoms with E-state index in [4.69, 9.17) is 5.73 Å². The van der Waals surface area contributed by atoms with Crippen LogP contribution in [-0.4, -0.2) is 19.0 Å². The number of halogens is 5. The largest absolute Gasteiger partial charge is 0.416 e. The zero-order valence-electron chi connectivity index (χ0n) is 9.76. The van der Waals surface area contributed by atoms with E-state index in [0.717, 1.165) is 6.07 Å². The molecule has 0 saturated heterocycles. The zero-order chi connectivity index (χ0) is 13.8. The van der Waals surface area contributed by atoms with Crippen molar-refractivity contribution >= 4 is 18.3 Å². The zero-order valence-corrected chi connectivity index (χ0v) is 10.6. The van der Waals surface area contributed by atoms with Crippen molar-refractivity contribution in [2.75, 3.05) is 13.1 Å². The number of carbonyl (C=O) groups excluding carboxylic acids is 1. The summed E-state index contributed by atoms with van der Waals surface area (Å²) in [5.74, 6) is -1.86. The fraction of sp³-hybridized carbons (Fsp3) is 0.364. The Hall–Kier alpha value is -1.34. The predicted molar refractivity (Wildman–Crippen MR) is 64.7 cm³/mol. The number of benzene rings is 1.